The summed E-state index contributed by atoms with van der Waals surface area (Å²) in [6, 6.07) is 11.7. The number of carbonyl (C=O) groups excluding carboxylic acids is 1. The van der Waals surface area contributed by atoms with Crippen molar-refractivity contribution >= 4 is 22.7 Å². The molecule has 30 heavy (non-hydrogen) atoms. The lowest BCUT2D eigenvalue weighted by Gasteiger charge is -2.03. The third kappa shape index (κ3) is 3.57. The molecule has 154 valence electrons. The Morgan fingerprint density at radius 3 is 2.73 bits per heavy atom. The molecule has 4 aromatic rings. The maximum Gasteiger partial charge on any atom is 0.272 e. The zero-order chi connectivity index (χ0) is 21.3. The second-order valence-corrected chi connectivity index (χ2v) is 6.89. The normalized spacial score (nSPS) is 11.8. The van der Waals surface area contributed by atoms with Crippen molar-refractivity contribution in [2.75, 3.05) is 14.2 Å². The molecular weight excluding hydrogens is 382 g/mol. The predicted molar refractivity (Wildman–Crippen MR) is 114 cm³/mol. The van der Waals surface area contributed by atoms with Gasteiger partial charge in [-0.25, -0.2) is 0 Å². The van der Waals surface area contributed by atoms with Crippen molar-refractivity contribution in [3.8, 4) is 11.3 Å². The Labute approximate surface area is 173 Å². The summed E-state index contributed by atoms with van der Waals surface area (Å²) < 4.78 is 8.73. The number of aliphatic imine (C=N–C) groups is 1. The number of rotatable bonds is 5. The fourth-order valence-electron chi connectivity index (χ4n) is 3.41. The number of benzene rings is 1. The molecule has 0 aliphatic carbocycles. The summed E-state index contributed by atoms with van der Waals surface area (Å²) in [4.78, 5) is 20.0. The summed E-state index contributed by atoms with van der Waals surface area (Å²) >= 11 is 0. The number of amides is 1. The minimum Gasteiger partial charge on any atom is -0.480 e. The predicted octanol–water partition coefficient (Wildman–Crippen LogP) is 2.25. The van der Waals surface area contributed by atoms with Crippen LogP contribution in [-0.2, 0) is 25.4 Å². The number of aryl methyl sites for hydroxylation is 2. The van der Waals surface area contributed by atoms with Crippen LogP contribution in [0.4, 0.5) is 0 Å². The van der Waals surface area contributed by atoms with Crippen molar-refractivity contribution in [1.29, 1.82) is 0 Å². The van der Waals surface area contributed by atoms with Gasteiger partial charge in [0.1, 0.15) is 5.69 Å². The highest BCUT2D eigenvalue weighted by molar-refractivity contribution is 5.99. The molecule has 0 fully saturated rings. The molecule has 0 bridgehead atoms. The summed E-state index contributed by atoms with van der Waals surface area (Å²) in [5.41, 5.74) is 4.88. The smallest absolute Gasteiger partial charge is 0.272 e. The van der Waals surface area contributed by atoms with Gasteiger partial charge in [0.05, 0.1) is 25.0 Å². The van der Waals surface area contributed by atoms with Gasteiger partial charge in [0.25, 0.3) is 5.91 Å². The van der Waals surface area contributed by atoms with Gasteiger partial charge in [0.15, 0.2) is 5.69 Å². The van der Waals surface area contributed by atoms with Crippen LogP contribution in [0, 0.1) is 0 Å². The maximum atomic E-state index is 12.6. The largest absolute Gasteiger partial charge is 0.480 e. The van der Waals surface area contributed by atoms with E-state index < -0.39 is 0 Å². The molecule has 0 atom stereocenters. The number of ether oxygens (including phenoxy) is 1. The van der Waals surface area contributed by atoms with E-state index in [1.54, 1.807) is 35.8 Å². The van der Waals surface area contributed by atoms with Crippen LogP contribution >= 0.6 is 0 Å². The van der Waals surface area contributed by atoms with E-state index >= 15 is 0 Å². The lowest BCUT2D eigenvalue weighted by atomic mass is 10.1. The fraction of sp³-hybridized carbons (Fsp3) is 0.238. The van der Waals surface area contributed by atoms with Gasteiger partial charge in [-0.1, -0.05) is 6.07 Å². The van der Waals surface area contributed by atoms with Crippen LogP contribution in [0.15, 0.2) is 47.6 Å². The van der Waals surface area contributed by atoms with Gasteiger partial charge < -0.3 is 15.0 Å². The lowest BCUT2D eigenvalue weighted by molar-refractivity contribution is 0.0944. The number of fused-ring (bicyclic) bond motifs is 1. The van der Waals surface area contributed by atoms with Crippen LogP contribution in [0.5, 0.6) is 0 Å². The molecule has 0 saturated heterocycles. The van der Waals surface area contributed by atoms with Crippen LogP contribution < -0.4 is 5.32 Å². The van der Waals surface area contributed by atoms with E-state index in [0.717, 1.165) is 33.5 Å². The van der Waals surface area contributed by atoms with Gasteiger partial charge >= 0.3 is 0 Å². The fourth-order valence-corrected chi connectivity index (χ4v) is 3.41. The van der Waals surface area contributed by atoms with E-state index in [-0.39, 0.29) is 5.91 Å². The monoisotopic (exact) mass is 405 g/mol. The van der Waals surface area contributed by atoms with Gasteiger partial charge in [0, 0.05) is 43.8 Å². The summed E-state index contributed by atoms with van der Waals surface area (Å²) in [6.07, 6.45) is 1.70. The first-order valence-electron chi connectivity index (χ1n) is 9.43. The molecule has 0 aliphatic heterocycles. The highest BCUT2D eigenvalue weighted by Gasteiger charge is 2.15. The Morgan fingerprint density at radius 1 is 1.20 bits per heavy atom. The second kappa shape index (κ2) is 7.86. The number of H-pyrrole nitrogens is 1. The standard InChI is InChI=1S/C21H23N7O2/c1-22-21(30-4)18-10-14-9-13(5-6-16(14)25-18)19-11-17(26-28(19)3)20(29)23-12-15-7-8-24-27(15)2/h5-11,25H,12H2,1-4H3,(H,23,29). The van der Waals surface area contributed by atoms with Crippen LogP contribution in [-0.4, -0.2) is 50.5 Å². The molecule has 0 saturated carbocycles. The Balaban J connectivity index is 1.58. The first kappa shape index (κ1) is 19.4. The number of carbonyl (C=O) groups is 1. The van der Waals surface area contributed by atoms with Crippen molar-refractivity contribution in [3.05, 3.63) is 59.7 Å². The van der Waals surface area contributed by atoms with E-state index in [4.69, 9.17) is 4.74 Å². The van der Waals surface area contributed by atoms with E-state index in [1.165, 1.54) is 0 Å². The summed E-state index contributed by atoms with van der Waals surface area (Å²) in [5, 5.41) is 12.4. The zero-order valence-electron chi connectivity index (χ0n) is 17.3. The van der Waals surface area contributed by atoms with Crippen LogP contribution in [0.2, 0.25) is 0 Å². The highest BCUT2D eigenvalue weighted by atomic mass is 16.5. The Morgan fingerprint density at radius 2 is 2.03 bits per heavy atom. The lowest BCUT2D eigenvalue weighted by Crippen LogP contribution is -2.24. The summed E-state index contributed by atoms with van der Waals surface area (Å²) in [5.74, 6) is 0.313. The Kier molecular flexibility index (Phi) is 5.09. The number of hydrogen-bond donors (Lipinski definition) is 2. The van der Waals surface area contributed by atoms with Crippen molar-refractivity contribution in [2.24, 2.45) is 19.1 Å². The van der Waals surface area contributed by atoms with Crippen molar-refractivity contribution < 1.29 is 9.53 Å². The summed E-state index contributed by atoms with van der Waals surface area (Å²) in [6.45, 7) is 0.389. The molecule has 1 amide bonds. The third-order valence-electron chi connectivity index (χ3n) is 5.01. The molecule has 0 aliphatic rings. The van der Waals surface area contributed by atoms with Crippen LogP contribution in [0.25, 0.3) is 22.2 Å². The maximum absolute atomic E-state index is 12.6. The average Bonchev–Trinajstić information content (AvgIpc) is 3.44. The number of nitrogens with one attached hydrogen (secondary N) is 2. The molecule has 9 nitrogen and oxygen atoms in total. The molecule has 0 radical (unpaired) electrons. The van der Waals surface area contributed by atoms with Gasteiger partial charge in [0.2, 0.25) is 5.90 Å². The number of nitrogens with zero attached hydrogens (tertiary/aromatic N) is 5. The second-order valence-electron chi connectivity index (χ2n) is 6.89. The molecule has 4 rings (SSSR count). The third-order valence-corrected chi connectivity index (χ3v) is 5.01. The molecule has 0 unspecified atom stereocenters. The zero-order valence-corrected chi connectivity index (χ0v) is 17.3. The number of hydrogen-bond acceptors (Lipinski definition) is 5. The first-order chi connectivity index (χ1) is 14.5. The molecule has 3 heterocycles. The quantitative estimate of drug-likeness (QED) is 0.393. The Bertz CT molecular complexity index is 1250. The van der Waals surface area contributed by atoms with E-state index in [9.17, 15) is 4.79 Å². The van der Waals surface area contributed by atoms with E-state index in [2.05, 4.69) is 25.5 Å². The van der Waals surface area contributed by atoms with Gasteiger partial charge in [-0.2, -0.15) is 10.2 Å². The highest BCUT2D eigenvalue weighted by Crippen LogP contribution is 2.26. The van der Waals surface area contributed by atoms with Gasteiger partial charge in [-0.05, 0) is 30.3 Å². The molecule has 2 N–H and O–H groups in total. The molecule has 0 spiro atoms. The van der Waals surface area contributed by atoms with Crippen molar-refractivity contribution in [2.45, 2.75) is 6.54 Å². The van der Waals surface area contributed by atoms with Crippen molar-refractivity contribution in [3.63, 3.8) is 0 Å². The Hall–Kier alpha value is -3.88. The van der Waals surface area contributed by atoms with E-state index in [1.807, 2.05) is 44.4 Å². The van der Waals surface area contributed by atoms with E-state index in [0.29, 0.717) is 18.1 Å². The van der Waals surface area contributed by atoms with Crippen LogP contribution in [0.3, 0.4) is 0 Å². The molecular formula is C21H23N7O2. The first-order valence-corrected chi connectivity index (χ1v) is 9.43. The molecule has 3 aromatic heterocycles. The minimum absolute atomic E-state index is 0.230. The topological polar surface area (TPSA) is 102 Å². The minimum atomic E-state index is -0.230. The molecule has 9 heteroatoms. The van der Waals surface area contributed by atoms with Crippen molar-refractivity contribution in [1.82, 2.24) is 29.9 Å². The number of aromatic amines is 1. The average molecular weight is 405 g/mol. The SMILES string of the molecule is CN=C(OC)c1cc2cc(-c3cc(C(=O)NCc4ccnn4C)nn3C)ccc2[nH]1. The summed E-state index contributed by atoms with van der Waals surface area (Å²) in [7, 11) is 6.94. The van der Waals surface area contributed by atoms with Gasteiger partial charge in [-0.15, -0.1) is 0 Å². The molecule has 1 aromatic carbocycles. The number of aromatic nitrogens is 5. The number of methoxy groups -OCH3 is 1. The van der Waals surface area contributed by atoms with Crippen LogP contribution in [0.1, 0.15) is 21.9 Å². The van der Waals surface area contributed by atoms with Gasteiger partial charge in [-0.3, -0.25) is 19.2 Å².